The zero-order valence-corrected chi connectivity index (χ0v) is 11.2. The van der Waals surface area contributed by atoms with Gasteiger partial charge in [0, 0.05) is 12.1 Å². The Hall–Kier alpha value is -1.87. The Morgan fingerprint density at radius 3 is 2.58 bits per heavy atom. The quantitative estimate of drug-likeness (QED) is 0.911. The maximum Gasteiger partial charge on any atom is 0.139 e. The SMILES string of the molecule is Cc1ccc(C)c(OC(CN)c2ccccc2F)c1. The van der Waals surface area contributed by atoms with E-state index in [1.165, 1.54) is 6.07 Å². The molecule has 19 heavy (non-hydrogen) atoms. The molecule has 2 rings (SSSR count). The lowest BCUT2D eigenvalue weighted by Crippen LogP contribution is -2.20. The zero-order chi connectivity index (χ0) is 13.8. The minimum Gasteiger partial charge on any atom is -0.484 e. The van der Waals surface area contributed by atoms with E-state index in [9.17, 15) is 4.39 Å². The highest BCUT2D eigenvalue weighted by atomic mass is 19.1. The maximum atomic E-state index is 13.8. The average Bonchev–Trinajstić information content (AvgIpc) is 2.41. The van der Waals surface area contributed by atoms with E-state index in [1.807, 2.05) is 32.0 Å². The number of rotatable bonds is 4. The van der Waals surface area contributed by atoms with E-state index in [-0.39, 0.29) is 12.4 Å². The Kier molecular flexibility index (Phi) is 4.17. The molecule has 0 bridgehead atoms. The fourth-order valence-electron chi connectivity index (χ4n) is 1.96. The number of aryl methyl sites for hydroxylation is 2. The van der Waals surface area contributed by atoms with Gasteiger partial charge in [-0.05, 0) is 37.1 Å². The fraction of sp³-hybridized carbons (Fsp3) is 0.250. The van der Waals surface area contributed by atoms with Crippen molar-refractivity contribution in [3.8, 4) is 5.75 Å². The molecule has 0 saturated heterocycles. The van der Waals surface area contributed by atoms with E-state index >= 15 is 0 Å². The van der Waals surface area contributed by atoms with Gasteiger partial charge in [0.05, 0.1) is 0 Å². The molecular weight excluding hydrogens is 241 g/mol. The van der Waals surface area contributed by atoms with Crippen LogP contribution in [0.5, 0.6) is 5.75 Å². The predicted octanol–water partition coefficient (Wildman–Crippen LogP) is 3.52. The first-order valence-corrected chi connectivity index (χ1v) is 6.30. The average molecular weight is 259 g/mol. The predicted molar refractivity (Wildman–Crippen MR) is 74.7 cm³/mol. The van der Waals surface area contributed by atoms with E-state index in [0.717, 1.165) is 16.9 Å². The van der Waals surface area contributed by atoms with Crippen molar-refractivity contribution in [3.05, 3.63) is 65.0 Å². The fourth-order valence-corrected chi connectivity index (χ4v) is 1.96. The van der Waals surface area contributed by atoms with E-state index in [4.69, 9.17) is 10.5 Å². The van der Waals surface area contributed by atoms with Crippen molar-refractivity contribution in [3.63, 3.8) is 0 Å². The molecule has 2 nitrogen and oxygen atoms in total. The summed E-state index contributed by atoms with van der Waals surface area (Å²) in [6, 6.07) is 12.5. The van der Waals surface area contributed by atoms with Crippen molar-refractivity contribution in [2.75, 3.05) is 6.54 Å². The van der Waals surface area contributed by atoms with Crippen LogP contribution in [-0.2, 0) is 0 Å². The summed E-state index contributed by atoms with van der Waals surface area (Å²) in [6.45, 7) is 4.19. The van der Waals surface area contributed by atoms with Gasteiger partial charge in [-0.25, -0.2) is 4.39 Å². The van der Waals surface area contributed by atoms with Gasteiger partial charge in [-0.15, -0.1) is 0 Å². The van der Waals surface area contributed by atoms with Crippen LogP contribution in [-0.4, -0.2) is 6.54 Å². The van der Waals surface area contributed by atoms with Crippen molar-refractivity contribution in [1.82, 2.24) is 0 Å². The Balaban J connectivity index is 2.29. The molecule has 0 aliphatic heterocycles. The summed E-state index contributed by atoms with van der Waals surface area (Å²) in [5, 5.41) is 0. The number of benzene rings is 2. The number of nitrogens with two attached hydrogens (primary N) is 1. The first-order chi connectivity index (χ1) is 9.11. The van der Waals surface area contributed by atoms with Gasteiger partial charge in [0.25, 0.3) is 0 Å². The van der Waals surface area contributed by atoms with Crippen LogP contribution in [0.2, 0.25) is 0 Å². The molecule has 0 saturated carbocycles. The van der Waals surface area contributed by atoms with Gasteiger partial charge in [-0.3, -0.25) is 0 Å². The molecule has 100 valence electrons. The van der Waals surface area contributed by atoms with Gasteiger partial charge in [0.15, 0.2) is 0 Å². The maximum absolute atomic E-state index is 13.8. The highest BCUT2D eigenvalue weighted by Crippen LogP contribution is 2.26. The van der Waals surface area contributed by atoms with Crippen molar-refractivity contribution >= 4 is 0 Å². The molecule has 2 aromatic carbocycles. The summed E-state index contributed by atoms with van der Waals surface area (Å²) in [7, 11) is 0. The van der Waals surface area contributed by atoms with Crippen molar-refractivity contribution in [1.29, 1.82) is 0 Å². The summed E-state index contributed by atoms with van der Waals surface area (Å²) in [6.07, 6.45) is -0.471. The third kappa shape index (κ3) is 3.12. The number of halogens is 1. The lowest BCUT2D eigenvalue weighted by Gasteiger charge is -2.20. The second-order valence-electron chi connectivity index (χ2n) is 4.63. The number of hydrogen-bond acceptors (Lipinski definition) is 2. The first-order valence-electron chi connectivity index (χ1n) is 6.30. The summed E-state index contributed by atoms with van der Waals surface area (Å²) in [4.78, 5) is 0. The van der Waals surface area contributed by atoms with E-state index in [2.05, 4.69) is 0 Å². The molecule has 0 heterocycles. The van der Waals surface area contributed by atoms with Gasteiger partial charge < -0.3 is 10.5 Å². The second kappa shape index (κ2) is 5.85. The summed E-state index contributed by atoms with van der Waals surface area (Å²) >= 11 is 0. The smallest absolute Gasteiger partial charge is 0.139 e. The minimum atomic E-state index is -0.471. The minimum absolute atomic E-state index is 0.230. The van der Waals surface area contributed by atoms with Crippen LogP contribution in [0.25, 0.3) is 0 Å². The van der Waals surface area contributed by atoms with E-state index in [0.29, 0.717) is 5.56 Å². The largest absolute Gasteiger partial charge is 0.484 e. The van der Waals surface area contributed by atoms with Crippen molar-refractivity contribution in [2.24, 2.45) is 5.73 Å². The third-order valence-corrected chi connectivity index (χ3v) is 3.08. The molecule has 0 amide bonds. The van der Waals surface area contributed by atoms with Crippen LogP contribution < -0.4 is 10.5 Å². The molecule has 2 aromatic rings. The molecule has 2 N–H and O–H groups in total. The molecule has 0 spiro atoms. The van der Waals surface area contributed by atoms with Crippen molar-refractivity contribution in [2.45, 2.75) is 20.0 Å². The van der Waals surface area contributed by atoms with Crippen molar-refractivity contribution < 1.29 is 9.13 Å². The zero-order valence-electron chi connectivity index (χ0n) is 11.2. The molecule has 0 aliphatic rings. The van der Waals surface area contributed by atoms with Gasteiger partial charge in [0.1, 0.15) is 17.7 Å². The molecule has 0 aromatic heterocycles. The van der Waals surface area contributed by atoms with Gasteiger partial charge in [-0.1, -0.05) is 30.3 Å². The Morgan fingerprint density at radius 2 is 1.89 bits per heavy atom. The first kappa shape index (κ1) is 13.6. The monoisotopic (exact) mass is 259 g/mol. The Bertz CT molecular complexity index is 568. The number of hydrogen-bond donors (Lipinski definition) is 1. The molecular formula is C16H18FNO. The number of ether oxygens (including phenoxy) is 1. The third-order valence-electron chi connectivity index (χ3n) is 3.08. The van der Waals surface area contributed by atoms with Gasteiger partial charge in [0.2, 0.25) is 0 Å². The molecule has 0 radical (unpaired) electrons. The normalized spacial score (nSPS) is 12.2. The summed E-state index contributed by atoms with van der Waals surface area (Å²) in [5.74, 6) is 0.460. The Morgan fingerprint density at radius 1 is 1.16 bits per heavy atom. The molecule has 3 heteroatoms. The molecule has 0 aliphatic carbocycles. The van der Waals surface area contributed by atoms with Gasteiger partial charge in [-0.2, -0.15) is 0 Å². The molecule has 0 fully saturated rings. The van der Waals surface area contributed by atoms with Crippen LogP contribution in [0.1, 0.15) is 22.8 Å². The highest BCUT2D eigenvalue weighted by molar-refractivity contribution is 5.37. The van der Waals surface area contributed by atoms with E-state index in [1.54, 1.807) is 18.2 Å². The highest BCUT2D eigenvalue weighted by Gasteiger charge is 2.16. The van der Waals surface area contributed by atoms with E-state index < -0.39 is 6.10 Å². The standard InChI is InChI=1S/C16H18FNO/c1-11-7-8-12(2)15(9-11)19-16(10-18)13-5-3-4-6-14(13)17/h3-9,16H,10,18H2,1-2H3. The van der Waals surface area contributed by atoms with Crippen LogP contribution in [0.3, 0.4) is 0 Å². The lowest BCUT2D eigenvalue weighted by molar-refractivity contribution is 0.207. The van der Waals surface area contributed by atoms with Crippen LogP contribution >= 0.6 is 0 Å². The molecule has 1 atom stereocenters. The topological polar surface area (TPSA) is 35.2 Å². The van der Waals surface area contributed by atoms with Gasteiger partial charge >= 0.3 is 0 Å². The second-order valence-corrected chi connectivity index (χ2v) is 4.63. The summed E-state index contributed by atoms with van der Waals surface area (Å²) in [5.41, 5.74) is 8.33. The Labute approximate surface area is 113 Å². The molecule has 1 unspecified atom stereocenters. The van der Waals surface area contributed by atoms with Crippen LogP contribution in [0.15, 0.2) is 42.5 Å². The van der Waals surface area contributed by atoms with Crippen LogP contribution in [0, 0.1) is 19.7 Å². The van der Waals surface area contributed by atoms with Crippen LogP contribution in [0.4, 0.5) is 4.39 Å². The summed E-state index contributed by atoms with van der Waals surface area (Å²) < 4.78 is 19.7. The lowest BCUT2D eigenvalue weighted by atomic mass is 10.1.